The Hall–Kier alpha value is -0.230. The van der Waals surface area contributed by atoms with Gasteiger partial charge in [-0.25, -0.2) is 0 Å². The van der Waals surface area contributed by atoms with Crippen LogP contribution < -0.4 is 0 Å². The minimum Gasteiger partial charge on any atom is -0.377 e. The fourth-order valence-corrected chi connectivity index (χ4v) is 3.87. The van der Waals surface area contributed by atoms with Crippen LogP contribution in [0.1, 0.15) is 35.9 Å². The number of ketones is 1. The molecule has 1 aromatic rings. The first-order chi connectivity index (χ1) is 9.20. The first-order valence-electron chi connectivity index (χ1n) is 6.81. The highest BCUT2D eigenvalue weighted by atomic mass is 79.9. The van der Waals surface area contributed by atoms with E-state index in [9.17, 15) is 4.79 Å². The third-order valence-electron chi connectivity index (χ3n) is 3.26. The van der Waals surface area contributed by atoms with E-state index >= 15 is 0 Å². The summed E-state index contributed by atoms with van der Waals surface area (Å²) in [6.07, 6.45) is 3.59. The molecule has 1 saturated heterocycles. The molecular weight excluding hydrogens is 326 g/mol. The Morgan fingerprint density at radius 3 is 3.16 bits per heavy atom. The summed E-state index contributed by atoms with van der Waals surface area (Å²) in [6.45, 7) is 5.34. The second-order valence-electron chi connectivity index (χ2n) is 4.89. The quantitative estimate of drug-likeness (QED) is 0.738. The van der Waals surface area contributed by atoms with Crippen LogP contribution in [0.2, 0.25) is 0 Å². The number of nitrogens with zero attached hydrogens (tertiary/aromatic N) is 1. The van der Waals surface area contributed by atoms with Crippen molar-refractivity contribution in [2.24, 2.45) is 0 Å². The number of hydrogen-bond acceptors (Lipinski definition) is 4. The van der Waals surface area contributed by atoms with Crippen LogP contribution in [0.25, 0.3) is 0 Å². The Kier molecular flexibility index (Phi) is 6.01. The van der Waals surface area contributed by atoms with Crippen molar-refractivity contribution in [3.63, 3.8) is 0 Å². The molecule has 5 heteroatoms. The van der Waals surface area contributed by atoms with Gasteiger partial charge in [0.05, 0.1) is 17.5 Å². The Labute approximate surface area is 127 Å². The molecule has 1 aliphatic heterocycles. The predicted octanol–water partition coefficient (Wildman–Crippen LogP) is 3.58. The third kappa shape index (κ3) is 4.38. The van der Waals surface area contributed by atoms with Crippen LogP contribution in [0.3, 0.4) is 0 Å². The lowest BCUT2D eigenvalue weighted by Crippen LogP contribution is -2.42. The summed E-state index contributed by atoms with van der Waals surface area (Å²) in [4.78, 5) is 15.3. The molecule has 2 heterocycles. The van der Waals surface area contributed by atoms with Gasteiger partial charge in [0.1, 0.15) is 0 Å². The summed E-state index contributed by atoms with van der Waals surface area (Å²) in [6, 6.07) is 1.93. The van der Waals surface area contributed by atoms with Crippen LogP contribution in [0.4, 0.5) is 0 Å². The zero-order valence-electron chi connectivity index (χ0n) is 11.2. The molecule has 3 nitrogen and oxygen atoms in total. The van der Waals surface area contributed by atoms with Crippen molar-refractivity contribution in [1.82, 2.24) is 4.90 Å². The Bertz CT molecular complexity index is 421. The lowest BCUT2D eigenvalue weighted by atomic mass is 10.1. The maximum absolute atomic E-state index is 12.2. The zero-order chi connectivity index (χ0) is 13.7. The molecule has 1 unspecified atom stereocenters. The van der Waals surface area contributed by atoms with Crippen LogP contribution in [-0.2, 0) is 4.74 Å². The van der Waals surface area contributed by atoms with Crippen LogP contribution in [-0.4, -0.2) is 43.0 Å². The van der Waals surface area contributed by atoms with E-state index in [2.05, 4.69) is 27.8 Å². The minimum atomic E-state index is 0.206. The first kappa shape index (κ1) is 15.2. The van der Waals surface area contributed by atoms with Gasteiger partial charge in [-0.2, -0.15) is 0 Å². The summed E-state index contributed by atoms with van der Waals surface area (Å²) in [5.41, 5.74) is 0. The summed E-state index contributed by atoms with van der Waals surface area (Å²) >= 11 is 4.93. The normalized spacial score (nSPS) is 20.6. The van der Waals surface area contributed by atoms with Gasteiger partial charge in [0, 0.05) is 17.6 Å². The molecule has 2 rings (SSSR count). The van der Waals surface area contributed by atoms with Gasteiger partial charge in [0.2, 0.25) is 0 Å². The van der Waals surface area contributed by atoms with Gasteiger partial charge < -0.3 is 4.74 Å². The van der Waals surface area contributed by atoms with E-state index in [4.69, 9.17) is 4.74 Å². The lowest BCUT2D eigenvalue weighted by molar-refractivity contribution is 0.00133. The molecule has 0 spiro atoms. The maximum Gasteiger partial charge on any atom is 0.187 e. The van der Waals surface area contributed by atoms with Gasteiger partial charge in [0.25, 0.3) is 0 Å². The fourth-order valence-electron chi connectivity index (χ4n) is 2.34. The van der Waals surface area contributed by atoms with Crippen molar-refractivity contribution < 1.29 is 9.53 Å². The molecule has 0 N–H and O–H groups in total. The van der Waals surface area contributed by atoms with E-state index < -0.39 is 0 Å². The van der Waals surface area contributed by atoms with Gasteiger partial charge in [-0.1, -0.05) is 6.92 Å². The van der Waals surface area contributed by atoms with Crippen molar-refractivity contribution in [2.75, 3.05) is 26.2 Å². The highest BCUT2D eigenvalue weighted by Crippen LogP contribution is 2.24. The molecule has 1 aliphatic rings. The molecule has 1 atom stereocenters. The monoisotopic (exact) mass is 345 g/mol. The SMILES string of the molecule is CCCOC1CCCN(CC(=O)c2sccc2Br)C1. The number of ether oxygens (including phenoxy) is 1. The Balaban J connectivity index is 1.85. The van der Waals surface area contributed by atoms with Gasteiger partial charge in [-0.05, 0) is 53.2 Å². The third-order valence-corrected chi connectivity index (χ3v) is 5.14. The van der Waals surface area contributed by atoms with E-state index in [0.29, 0.717) is 12.6 Å². The second-order valence-corrected chi connectivity index (χ2v) is 6.66. The summed E-state index contributed by atoms with van der Waals surface area (Å²) in [7, 11) is 0. The molecule has 19 heavy (non-hydrogen) atoms. The van der Waals surface area contributed by atoms with Crippen LogP contribution >= 0.6 is 27.3 Å². The van der Waals surface area contributed by atoms with Crippen molar-refractivity contribution in [1.29, 1.82) is 0 Å². The molecule has 1 fully saturated rings. The molecule has 0 aliphatic carbocycles. The fraction of sp³-hybridized carbons (Fsp3) is 0.643. The highest BCUT2D eigenvalue weighted by Gasteiger charge is 2.23. The first-order valence-corrected chi connectivity index (χ1v) is 8.48. The largest absolute Gasteiger partial charge is 0.377 e. The average Bonchev–Trinajstić information content (AvgIpc) is 2.83. The van der Waals surface area contributed by atoms with E-state index in [1.807, 2.05) is 11.4 Å². The summed E-state index contributed by atoms with van der Waals surface area (Å²) < 4.78 is 6.71. The van der Waals surface area contributed by atoms with E-state index in [1.54, 1.807) is 0 Å². The molecule has 1 aromatic heterocycles. The average molecular weight is 346 g/mol. The number of halogens is 1. The van der Waals surface area contributed by atoms with Gasteiger partial charge in [-0.3, -0.25) is 9.69 Å². The number of likely N-dealkylation sites (tertiary alicyclic amines) is 1. The maximum atomic E-state index is 12.2. The summed E-state index contributed by atoms with van der Waals surface area (Å²) in [5.74, 6) is 0.206. The molecule has 0 amide bonds. The standard InChI is InChI=1S/C14H20BrNO2S/c1-2-7-18-11-4-3-6-16(9-11)10-13(17)14-12(15)5-8-19-14/h5,8,11H,2-4,6-7,9-10H2,1H3. The number of carbonyl (C=O) groups is 1. The topological polar surface area (TPSA) is 29.5 Å². The van der Waals surface area contributed by atoms with Gasteiger partial charge in [-0.15, -0.1) is 11.3 Å². The minimum absolute atomic E-state index is 0.206. The number of carbonyl (C=O) groups excluding carboxylic acids is 1. The molecule has 0 aromatic carbocycles. The second kappa shape index (κ2) is 7.53. The molecule has 106 valence electrons. The van der Waals surface area contributed by atoms with Crippen molar-refractivity contribution in [3.05, 3.63) is 20.8 Å². The highest BCUT2D eigenvalue weighted by molar-refractivity contribution is 9.10. The molecular formula is C14H20BrNO2S. The Morgan fingerprint density at radius 1 is 1.63 bits per heavy atom. The van der Waals surface area contributed by atoms with Crippen molar-refractivity contribution in [2.45, 2.75) is 32.3 Å². The van der Waals surface area contributed by atoms with Crippen LogP contribution in [0.5, 0.6) is 0 Å². The Morgan fingerprint density at radius 2 is 2.47 bits per heavy atom. The van der Waals surface area contributed by atoms with E-state index in [1.165, 1.54) is 11.3 Å². The predicted molar refractivity (Wildman–Crippen MR) is 82.1 cm³/mol. The van der Waals surface area contributed by atoms with Crippen molar-refractivity contribution in [3.8, 4) is 0 Å². The smallest absolute Gasteiger partial charge is 0.187 e. The van der Waals surface area contributed by atoms with Crippen LogP contribution in [0.15, 0.2) is 15.9 Å². The van der Waals surface area contributed by atoms with E-state index in [0.717, 1.165) is 48.3 Å². The van der Waals surface area contributed by atoms with E-state index in [-0.39, 0.29) is 5.78 Å². The molecule has 0 saturated carbocycles. The zero-order valence-corrected chi connectivity index (χ0v) is 13.6. The number of hydrogen-bond donors (Lipinski definition) is 0. The summed E-state index contributed by atoms with van der Waals surface area (Å²) in [5, 5.41) is 1.95. The number of Topliss-reactive ketones (excluding diaryl/α,β-unsaturated/α-hetero) is 1. The molecule has 0 bridgehead atoms. The number of piperidine rings is 1. The van der Waals surface area contributed by atoms with Gasteiger partial charge >= 0.3 is 0 Å². The van der Waals surface area contributed by atoms with Gasteiger partial charge in [0.15, 0.2) is 5.78 Å². The lowest BCUT2D eigenvalue weighted by Gasteiger charge is -2.32. The molecule has 0 radical (unpaired) electrons. The van der Waals surface area contributed by atoms with Crippen molar-refractivity contribution >= 4 is 33.0 Å². The number of thiophene rings is 1. The van der Waals surface area contributed by atoms with Crippen LogP contribution in [0, 0.1) is 0 Å². The number of rotatable bonds is 6.